The van der Waals surface area contributed by atoms with E-state index in [1.165, 1.54) is 42.7 Å². The van der Waals surface area contributed by atoms with Crippen molar-refractivity contribution in [2.75, 3.05) is 30.0 Å². The first-order valence-corrected chi connectivity index (χ1v) is 10.4. The van der Waals surface area contributed by atoms with Crippen LogP contribution in [0.3, 0.4) is 0 Å². The molecule has 1 fully saturated rings. The number of hydrazone groups is 1. The Morgan fingerprint density at radius 3 is 2.70 bits per heavy atom. The van der Waals surface area contributed by atoms with Crippen LogP contribution in [0.15, 0.2) is 34.7 Å². The zero-order valence-corrected chi connectivity index (χ0v) is 16.5. The van der Waals surface area contributed by atoms with Gasteiger partial charge in [0.1, 0.15) is 0 Å². The molecule has 1 saturated heterocycles. The third-order valence-corrected chi connectivity index (χ3v) is 5.22. The van der Waals surface area contributed by atoms with Crippen LogP contribution in [-0.2, 0) is 16.0 Å². The van der Waals surface area contributed by atoms with E-state index in [0.29, 0.717) is 17.4 Å². The SMILES string of the molecule is CCOC(=O)Cc1csc(NN=Cc2ccc(N3CCCCCC3)cc2)n1. The first-order valence-electron chi connectivity index (χ1n) is 9.48. The number of hydrogen-bond acceptors (Lipinski definition) is 7. The second-order valence-corrected chi connectivity index (χ2v) is 7.35. The summed E-state index contributed by atoms with van der Waals surface area (Å²) in [6.45, 7) is 4.47. The van der Waals surface area contributed by atoms with Gasteiger partial charge in [0.2, 0.25) is 5.13 Å². The lowest BCUT2D eigenvalue weighted by molar-refractivity contribution is -0.142. The monoisotopic (exact) mass is 386 g/mol. The molecule has 0 atom stereocenters. The van der Waals surface area contributed by atoms with E-state index in [1.807, 2.05) is 5.38 Å². The zero-order chi connectivity index (χ0) is 18.9. The van der Waals surface area contributed by atoms with Gasteiger partial charge < -0.3 is 9.64 Å². The summed E-state index contributed by atoms with van der Waals surface area (Å²) in [7, 11) is 0. The molecule has 0 spiro atoms. The van der Waals surface area contributed by atoms with Crippen molar-refractivity contribution in [3.05, 3.63) is 40.9 Å². The molecule has 0 bridgehead atoms. The summed E-state index contributed by atoms with van der Waals surface area (Å²) in [4.78, 5) is 18.3. The van der Waals surface area contributed by atoms with Crippen LogP contribution in [0.25, 0.3) is 0 Å². The second kappa shape index (κ2) is 10.1. The fourth-order valence-electron chi connectivity index (χ4n) is 3.06. The van der Waals surface area contributed by atoms with E-state index >= 15 is 0 Å². The van der Waals surface area contributed by atoms with Crippen molar-refractivity contribution >= 4 is 34.3 Å². The van der Waals surface area contributed by atoms with Gasteiger partial charge in [-0.15, -0.1) is 11.3 Å². The average molecular weight is 387 g/mol. The summed E-state index contributed by atoms with van der Waals surface area (Å²) >= 11 is 1.42. The maximum atomic E-state index is 11.5. The van der Waals surface area contributed by atoms with Gasteiger partial charge in [-0.1, -0.05) is 25.0 Å². The van der Waals surface area contributed by atoms with Crippen LogP contribution < -0.4 is 10.3 Å². The van der Waals surface area contributed by atoms with Crippen molar-refractivity contribution < 1.29 is 9.53 Å². The number of aromatic nitrogens is 1. The number of carbonyl (C=O) groups is 1. The fourth-order valence-corrected chi connectivity index (χ4v) is 3.72. The molecular formula is C20H26N4O2S. The highest BCUT2D eigenvalue weighted by molar-refractivity contribution is 7.13. The van der Waals surface area contributed by atoms with E-state index in [1.54, 1.807) is 13.1 Å². The molecule has 7 heteroatoms. The summed E-state index contributed by atoms with van der Waals surface area (Å²) in [5.41, 5.74) is 5.93. The Hall–Kier alpha value is -2.41. The lowest BCUT2D eigenvalue weighted by Gasteiger charge is -2.22. The lowest BCUT2D eigenvalue weighted by Crippen LogP contribution is -2.23. The molecule has 0 amide bonds. The molecule has 1 aliphatic heterocycles. The van der Waals surface area contributed by atoms with Crippen molar-refractivity contribution in [1.82, 2.24) is 4.98 Å². The fraction of sp³-hybridized carbons (Fsp3) is 0.450. The van der Waals surface area contributed by atoms with Gasteiger partial charge in [0.05, 0.1) is 24.9 Å². The minimum atomic E-state index is -0.262. The van der Waals surface area contributed by atoms with E-state index in [4.69, 9.17) is 4.74 Å². The van der Waals surface area contributed by atoms with Gasteiger partial charge in [0.15, 0.2) is 0 Å². The average Bonchev–Trinajstić information content (AvgIpc) is 2.93. The number of benzene rings is 1. The third kappa shape index (κ3) is 6.06. The highest BCUT2D eigenvalue weighted by Crippen LogP contribution is 2.20. The van der Waals surface area contributed by atoms with Crippen molar-refractivity contribution in [1.29, 1.82) is 0 Å². The lowest BCUT2D eigenvalue weighted by atomic mass is 10.2. The minimum Gasteiger partial charge on any atom is -0.466 e. The molecule has 3 rings (SSSR count). The van der Waals surface area contributed by atoms with Gasteiger partial charge in [-0.3, -0.25) is 10.2 Å². The standard InChI is InChI=1S/C20H26N4O2S/c1-2-26-19(25)13-17-15-27-20(22-17)23-21-14-16-7-9-18(10-8-16)24-11-5-3-4-6-12-24/h7-10,14-15H,2-6,11-13H2,1H3,(H,22,23). The van der Waals surface area contributed by atoms with Gasteiger partial charge in [0.25, 0.3) is 0 Å². The summed E-state index contributed by atoms with van der Waals surface area (Å²) < 4.78 is 4.93. The number of rotatable bonds is 7. The van der Waals surface area contributed by atoms with Gasteiger partial charge >= 0.3 is 5.97 Å². The van der Waals surface area contributed by atoms with E-state index in [0.717, 1.165) is 18.7 Å². The Morgan fingerprint density at radius 2 is 2.00 bits per heavy atom. The number of hydrogen-bond donors (Lipinski definition) is 1. The van der Waals surface area contributed by atoms with Crippen LogP contribution in [0.5, 0.6) is 0 Å². The molecule has 2 aromatic rings. The topological polar surface area (TPSA) is 66.8 Å². The van der Waals surface area contributed by atoms with E-state index in [2.05, 4.69) is 44.7 Å². The van der Waals surface area contributed by atoms with E-state index < -0.39 is 0 Å². The molecular weight excluding hydrogens is 360 g/mol. The second-order valence-electron chi connectivity index (χ2n) is 6.49. The molecule has 0 radical (unpaired) electrons. The van der Waals surface area contributed by atoms with E-state index in [9.17, 15) is 4.79 Å². The van der Waals surface area contributed by atoms with Crippen molar-refractivity contribution in [3.63, 3.8) is 0 Å². The Bertz CT molecular complexity index is 750. The predicted octanol–water partition coefficient (Wildman–Crippen LogP) is 4.08. The van der Waals surface area contributed by atoms with Crippen LogP contribution in [0.4, 0.5) is 10.8 Å². The van der Waals surface area contributed by atoms with Crippen LogP contribution in [0.2, 0.25) is 0 Å². The number of anilines is 2. The van der Waals surface area contributed by atoms with Gasteiger partial charge in [-0.05, 0) is 37.5 Å². The van der Waals surface area contributed by atoms with Gasteiger partial charge in [0, 0.05) is 24.2 Å². The van der Waals surface area contributed by atoms with Crippen LogP contribution in [0.1, 0.15) is 43.9 Å². The minimum absolute atomic E-state index is 0.188. The third-order valence-electron chi connectivity index (χ3n) is 4.42. The number of nitrogens with one attached hydrogen (secondary N) is 1. The Kier molecular flexibility index (Phi) is 7.21. The first kappa shape index (κ1) is 19.4. The molecule has 1 aliphatic rings. The molecule has 27 heavy (non-hydrogen) atoms. The number of nitrogens with zero attached hydrogens (tertiary/aromatic N) is 3. The smallest absolute Gasteiger partial charge is 0.311 e. The van der Waals surface area contributed by atoms with Gasteiger partial charge in [-0.25, -0.2) is 4.98 Å². The van der Waals surface area contributed by atoms with Crippen LogP contribution in [-0.4, -0.2) is 36.9 Å². The number of ether oxygens (including phenoxy) is 1. The number of carbonyl (C=O) groups excluding carboxylic acids is 1. The van der Waals surface area contributed by atoms with Crippen LogP contribution in [0, 0.1) is 0 Å². The molecule has 2 heterocycles. The van der Waals surface area contributed by atoms with Crippen molar-refractivity contribution in [2.45, 2.75) is 39.0 Å². The Labute approximate surface area is 164 Å². The van der Waals surface area contributed by atoms with Crippen LogP contribution >= 0.6 is 11.3 Å². The number of esters is 1. The van der Waals surface area contributed by atoms with Crippen molar-refractivity contribution in [3.8, 4) is 0 Å². The molecule has 1 aromatic carbocycles. The van der Waals surface area contributed by atoms with Gasteiger partial charge in [-0.2, -0.15) is 5.10 Å². The zero-order valence-electron chi connectivity index (χ0n) is 15.7. The molecule has 144 valence electrons. The summed E-state index contributed by atoms with van der Waals surface area (Å²) in [6, 6.07) is 8.49. The molecule has 6 nitrogen and oxygen atoms in total. The van der Waals surface area contributed by atoms with Crippen molar-refractivity contribution in [2.24, 2.45) is 5.10 Å². The molecule has 0 aliphatic carbocycles. The summed E-state index contributed by atoms with van der Waals surface area (Å²) in [5, 5.41) is 6.74. The largest absolute Gasteiger partial charge is 0.466 e. The Balaban J connectivity index is 1.51. The quantitative estimate of drug-likeness (QED) is 0.441. The highest BCUT2D eigenvalue weighted by Gasteiger charge is 2.09. The Morgan fingerprint density at radius 1 is 1.26 bits per heavy atom. The molecule has 1 N–H and O–H groups in total. The molecule has 0 saturated carbocycles. The van der Waals surface area contributed by atoms with E-state index in [-0.39, 0.29) is 12.4 Å². The summed E-state index contributed by atoms with van der Waals surface area (Å²) in [6.07, 6.45) is 7.20. The molecule has 0 unspecified atom stereocenters. The highest BCUT2D eigenvalue weighted by atomic mass is 32.1. The predicted molar refractivity (Wildman–Crippen MR) is 111 cm³/mol. The maximum absolute atomic E-state index is 11.5. The molecule has 1 aromatic heterocycles. The first-order chi connectivity index (χ1) is 13.2. The summed E-state index contributed by atoms with van der Waals surface area (Å²) in [5.74, 6) is -0.262. The number of thiazole rings is 1. The normalized spacial score (nSPS) is 14.9. The maximum Gasteiger partial charge on any atom is 0.311 e.